The maximum atomic E-state index is 11.8. The zero-order valence-electron chi connectivity index (χ0n) is 9.32. The Balaban J connectivity index is 2.84. The van der Waals surface area contributed by atoms with Gasteiger partial charge >= 0.3 is 5.97 Å². The van der Waals surface area contributed by atoms with Gasteiger partial charge in [0.05, 0.1) is 5.56 Å². The van der Waals surface area contributed by atoms with E-state index in [9.17, 15) is 9.59 Å². The first-order chi connectivity index (χ1) is 7.55. The Kier molecular flexibility index (Phi) is 4.06. The summed E-state index contributed by atoms with van der Waals surface area (Å²) >= 11 is 1.41. The van der Waals surface area contributed by atoms with Crippen LogP contribution in [0.3, 0.4) is 0 Å². The molecule has 0 radical (unpaired) electrons. The summed E-state index contributed by atoms with van der Waals surface area (Å²) < 4.78 is 0. The minimum absolute atomic E-state index is 0.327. The Morgan fingerprint density at radius 1 is 1.44 bits per heavy atom. The van der Waals surface area contributed by atoms with E-state index >= 15 is 0 Å². The normalized spacial score (nSPS) is 11.1. The van der Waals surface area contributed by atoms with Crippen LogP contribution in [0, 0.1) is 0 Å². The number of rotatable bonds is 5. The van der Waals surface area contributed by atoms with Crippen molar-refractivity contribution < 1.29 is 14.7 Å². The Morgan fingerprint density at radius 2 is 2.06 bits per heavy atom. The molecule has 1 heterocycles. The van der Waals surface area contributed by atoms with Gasteiger partial charge in [0, 0.05) is 5.38 Å². The van der Waals surface area contributed by atoms with Crippen LogP contribution in [0.4, 0.5) is 0 Å². The van der Waals surface area contributed by atoms with Crippen LogP contribution in [-0.2, 0) is 4.79 Å². The third-order valence-electron chi connectivity index (χ3n) is 2.75. The maximum Gasteiger partial charge on any atom is 0.329 e. The molecule has 0 fully saturated rings. The van der Waals surface area contributed by atoms with Crippen LogP contribution in [0.2, 0.25) is 0 Å². The largest absolute Gasteiger partial charge is 0.480 e. The fourth-order valence-electron chi connectivity index (χ4n) is 1.47. The predicted octanol–water partition coefficient (Wildman–Crippen LogP) is 2.12. The lowest BCUT2D eigenvalue weighted by Gasteiger charge is -2.27. The van der Waals surface area contributed by atoms with Gasteiger partial charge in [-0.05, 0) is 24.3 Å². The molecule has 88 valence electrons. The summed E-state index contributed by atoms with van der Waals surface area (Å²) in [6.07, 6.45) is 0.740. The van der Waals surface area contributed by atoms with Gasteiger partial charge in [-0.25, -0.2) is 4.79 Å². The second-order valence-corrected chi connectivity index (χ2v) is 4.34. The number of carboxylic acids is 1. The quantitative estimate of drug-likeness (QED) is 0.829. The number of thiophene rings is 1. The van der Waals surface area contributed by atoms with Crippen molar-refractivity contribution in [3.8, 4) is 0 Å². The van der Waals surface area contributed by atoms with E-state index in [0.717, 1.165) is 0 Å². The molecule has 16 heavy (non-hydrogen) atoms. The van der Waals surface area contributed by atoms with Gasteiger partial charge in [0.1, 0.15) is 5.54 Å². The van der Waals surface area contributed by atoms with Crippen molar-refractivity contribution in [1.29, 1.82) is 0 Å². The lowest BCUT2D eigenvalue weighted by atomic mass is 9.92. The van der Waals surface area contributed by atoms with Gasteiger partial charge in [-0.2, -0.15) is 11.3 Å². The molecule has 0 aliphatic heterocycles. The number of hydrogen-bond acceptors (Lipinski definition) is 3. The van der Waals surface area contributed by atoms with E-state index in [4.69, 9.17) is 5.11 Å². The van der Waals surface area contributed by atoms with E-state index in [1.165, 1.54) is 11.3 Å². The van der Waals surface area contributed by atoms with Crippen molar-refractivity contribution in [1.82, 2.24) is 5.32 Å². The van der Waals surface area contributed by atoms with Gasteiger partial charge in [0.15, 0.2) is 0 Å². The molecule has 4 nitrogen and oxygen atoms in total. The molecule has 5 heteroatoms. The van der Waals surface area contributed by atoms with E-state index in [1.54, 1.807) is 30.7 Å². The molecule has 0 bridgehead atoms. The Morgan fingerprint density at radius 3 is 2.44 bits per heavy atom. The van der Waals surface area contributed by atoms with E-state index in [0.29, 0.717) is 18.4 Å². The molecule has 1 aromatic rings. The molecule has 0 atom stereocenters. The van der Waals surface area contributed by atoms with Gasteiger partial charge in [0.25, 0.3) is 5.91 Å². The van der Waals surface area contributed by atoms with Crippen molar-refractivity contribution in [3.05, 3.63) is 22.4 Å². The van der Waals surface area contributed by atoms with E-state index < -0.39 is 11.5 Å². The van der Waals surface area contributed by atoms with Crippen molar-refractivity contribution in [3.63, 3.8) is 0 Å². The third kappa shape index (κ3) is 2.41. The average molecular weight is 241 g/mol. The Bertz CT molecular complexity index is 369. The minimum atomic E-state index is -1.15. The zero-order chi connectivity index (χ0) is 12.2. The lowest BCUT2D eigenvalue weighted by Crippen LogP contribution is -2.53. The SMILES string of the molecule is CCC(CC)(NC(=O)c1ccsc1)C(=O)O. The van der Waals surface area contributed by atoms with Crippen molar-refractivity contribution in [2.24, 2.45) is 0 Å². The Hall–Kier alpha value is -1.36. The number of hydrogen-bond donors (Lipinski definition) is 2. The van der Waals surface area contributed by atoms with Crippen LogP contribution >= 0.6 is 11.3 Å². The summed E-state index contributed by atoms with van der Waals surface area (Å²) in [4.78, 5) is 23.0. The minimum Gasteiger partial charge on any atom is -0.480 e. The highest BCUT2D eigenvalue weighted by Gasteiger charge is 2.36. The van der Waals surface area contributed by atoms with Crippen molar-refractivity contribution in [2.75, 3.05) is 0 Å². The highest BCUT2D eigenvalue weighted by molar-refractivity contribution is 7.08. The number of aliphatic carboxylic acids is 1. The molecule has 0 saturated heterocycles. The second kappa shape index (κ2) is 5.12. The number of nitrogens with one attached hydrogen (secondary N) is 1. The van der Waals surface area contributed by atoms with Gasteiger partial charge in [-0.15, -0.1) is 0 Å². The van der Waals surface area contributed by atoms with E-state index in [2.05, 4.69) is 5.32 Å². The summed E-state index contributed by atoms with van der Waals surface area (Å²) in [5.74, 6) is -1.31. The first-order valence-electron chi connectivity index (χ1n) is 5.14. The number of carbonyl (C=O) groups is 2. The van der Waals surface area contributed by atoms with Crippen LogP contribution < -0.4 is 5.32 Å². The van der Waals surface area contributed by atoms with Crippen molar-refractivity contribution in [2.45, 2.75) is 32.2 Å². The molecule has 0 aliphatic carbocycles. The highest BCUT2D eigenvalue weighted by atomic mass is 32.1. The monoisotopic (exact) mass is 241 g/mol. The molecule has 0 aliphatic rings. The summed E-state index contributed by atoms with van der Waals surface area (Å²) in [6.45, 7) is 3.51. The van der Waals surface area contributed by atoms with E-state index in [1.807, 2.05) is 0 Å². The number of carboxylic acid groups (broad SMARTS) is 1. The van der Waals surface area contributed by atoms with Crippen LogP contribution in [0.15, 0.2) is 16.8 Å². The standard InChI is InChI=1S/C11H15NO3S/c1-3-11(4-2,10(14)15)12-9(13)8-5-6-16-7-8/h5-7H,3-4H2,1-2H3,(H,12,13)(H,14,15). The molecule has 1 aromatic heterocycles. The lowest BCUT2D eigenvalue weighted by molar-refractivity contribution is -0.144. The molecule has 0 aromatic carbocycles. The third-order valence-corrected chi connectivity index (χ3v) is 3.44. The molecule has 1 amide bonds. The van der Waals surface area contributed by atoms with Crippen LogP contribution in [0.5, 0.6) is 0 Å². The average Bonchev–Trinajstić information content (AvgIpc) is 2.78. The summed E-state index contributed by atoms with van der Waals surface area (Å²) in [6, 6.07) is 1.68. The molecule has 0 saturated carbocycles. The number of carbonyl (C=O) groups excluding carboxylic acids is 1. The maximum absolute atomic E-state index is 11.8. The van der Waals surface area contributed by atoms with Crippen molar-refractivity contribution >= 4 is 23.2 Å². The van der Waals surface area contributed by atoms with E-state index in [-0.39, 0.29) is 5.91 Å². The molecule has 0 spiro atoms. The fourth-order valence-corrected chi connectivity index (χ4v) is 2.10. The zero-order valence-corrected chi connectivity index (χ0v) is 10.1. The first-order valence-corrected chi connectivity index (χ1v) is 6.08. The van der Waals surface area contributed by atoms with Gasteiger partial charge < -0.3 is 10.4 Å². The summed E-state index contributed by atoms with van der Waals surface area (Å²) in [7, 11) is 0. The molecular formula is C11H15NO3S. The Labute approximate surface area is 98.3 Å². The molecule has 2 N–H and O–H groups in total. The smallest absolute Gasteiger partial charge is 0.329 e. The first kappa shape index (κ1) is 12.7. The molecular weight excluding hydrogens is 226 g/mol. The molecule has 0 unspecified atom stereocenters. The fraction of sp³-hybridized carbons (Fsp3) is 0.455. The van der Waals surface area contributed by atoms with Gasteiger partial charge in [0.2, 0.25) is 0 Å². The van der Waals surface area contributed by atoms with Gasteiger partial charge in [-0.1, -0.05) is 13.8 Å². The van der Waals surface area contributed by atoms with Crippen LogP contribution in [0.25, 0.3) is 0 Å². The molecule has 1 rings (SSSR count). The topological polar surface area (TPSA) is 66.4 Å². The predicted molar refractivity (Wildman–Crippen MR) is 62.7 cm³/mol. The van der Waals surface area contributed by atoms with Crippen LogP contribution in [-0.4, -0.2) is 22.5 Å². The van der Waals surface area contributed by atoms with Crippen LogP contribution in [0.1, 0.15) is 37.0 Å². The summed E-state index contributed by atoms with van der Waals surface area (Å²) in [5.41, 5.74) is -0.642. The highest BCUT2D eigenvalue weighted by Crippen LogP contribution is 2.17. The van der Waals surface area contributed by atoms with Gasteiger partial charge in [-0.3, -0.25) is 4.79 Å². The second-order valence-electron chi connectivity index (χ2n) is 3.56. The summed E-state index contributed by atoms with van der Waals surface area (Å²) in [5, 5.41) is 15.2. The number of amides is 1.